The van der Waals surface area contributed by atoms with Crippen LogP contribution in [0.4, 0.5) is 5.69 Å². The molecule has 0 saturated heterocycles. The molecule has 3 aromatic carbocycles. The number of carboxylic acids is 1. The monoisotopic (exact) mass is 489 g/mol. The van der Waals surface area contributed by atoms with Crippen LogP contribution >= 0.6 is 15.9 Å². The molecule has 6 nitrogen and oxygen atoms in total. The summed E-state index contributed by atoms with van der Waals surface area (Å²) in [7, 11) is 0. The number of hydrogen-bond donors (Lipinski definition) is 2. The van der Waals surface area contributed by atoms with Crippen molar-refractivity contribution < 1.29 is 19.5 Å². The number of rotatable bonds is 7. The Balaban J connectivity index is 1.81. The van der Waals surface area contributed by atoms with Gasteiger partial charge in [0.15, 0.2) is 0 Å². The quantitative estimate of drug-likeness (QED) is 0.389. The van der Waals surface area contributed by atoms with E-state index in [9.17, 15) is 19.5 Å². The number of carbonyl (C=O) groups is 3. The van der Waals surface area contributed by atoms with E-state index in [-0.39, 0.29) is 11.3 Å². The maximum atomic E-state index is 12.8. The summed E-state index contributed by atoms with van der Waals surface area (Å²) in [6.07, 6.45) is 4.95. The van der Waals surface area contributed by atoms with Crippen LogP contribution in [-0.2, 0) is 4.79 Å². The minimum atomic E-state index is -1.31. The van der Waals surface area contributed by atoms with Gasteiger partial charge in [-0.1, -0.05) is 70.5 Å². The Morgan fingerprint density at radius 3 is 2.06 bits per heavy atom. The molecule has 160 valence electrons. The van der Waals surface area contributed by atoms with Crippen molar-refractivity contribution in [2.75, 3.05) is 5.32 Å². The zero-order valence-corrected chi connectivity index (χ0v) is 18.3. The van der Waals surface area contributed by atoms with Gasteiger partial charge < -0.3 is 20.5 Å². The molecule has 0 atom stereocenters. The molecule has 7 heteroatoms. The molecule has 0 unspecified atom stereocenters. The number of anilines is 1. The first-order valence-electron chi connectivity index (χ1n) is 9.55. The summed E-state index contributed by atoms with van der Waals surface area (Å²) in [6, 6.07) is 21.7. The van der Waals surface area contributed by atoms with Gasteiger partial charge in [0.2, 0.25) is 0 Å². The number of benzene rings is 3. The summed E-state index contributed by atoms with van der Waals surface area (Å²) >= 11 is 3.32. The van der Waals surface area contributed by atoms with E-state index < -0.39 is 17.8 Å². The van der Waals surface area contributed by atoms with Gasteiger partial charge in [-0.05, 0) is 53.6 Å². The van der Waals surface area contributed by atoms with Gasteiger partial charge in [-0.15, -0.1) is 0 Å². The minimum Gasteiger partial charge on any atom is -0.545 e. The number of amides is 2. The number of carbonyl (C=O) groups excluding carboxylic acids is 3. The highest BCUT2D eigenvalue weighted by molar-refractivity contribution is 9.10. The average Bonchev–Trinajstić information content (AvgIpc) is 2.79. The van der Waals surface area contributed by atoms with Crippen LogP contribution in [0.2, 0.25) is 0 Å². The largest absolute Gasteiger partial charge is 0.545 e. The molecule has 0 bridgehead atoms. The van der Waals surface area contributed by atoms with Crippen molar-refractivity contribution in [1.29, 1.82) is 0 Å². The lowest BCUT2D eigenvalue weighted by Crippen LogP contribution is -2.30. The summed E-state index contributed by atoms with van der Waals surface area (Å²) in [5, 5.41) is 16.2. The van der Waals surface area contributed by atoms with Crippen LogP contribution < -0.4 is 15.7 Å². The zero-order chi connectivity index (χ0) is 22.9. The second kappa shape index (κ2) is 10.9. The van der Waals surface area contributed by atoms with Crippen molar-refractivity contribution in [2.24, 2.45) is 0 Å². The van der Waals surface area contributed by atoms with E-state index in [1.807, 2.05) is 30.3 Å². The van der Waals surface area contributed by atoms with Gasteiger partial charge >= 0.3 is 0 Å². The average molecular weight is 490 g/mol. The molecule has 32 heavy (non-hydrogen) atoms. The molecule has 0 aliphatic carbocycles. The molecule has 3 rings (SSSR count). The van der Waals surface area contributed by atoms with Gasteiger partial charge in [0.05, 0.1) is 5.97 Å². The summed E-state index contributed by atoms with van der Waals surface area (Å²) < 4.78 is 0.827. The van der Waals surface area contributed by atoms with E-state index in [0.29, 0.717) is 11.3 Å². The Bertz CT molecular complexity index is 1170. The first-order valence-corrected chi connectivity index (χ1v) is 10.3. The van der Waals surface area contributed by atoms with Crippen LogP contribution in [0.5, 0.6) is 0 Å². The maximum absolute atomic E-state index is 12.8. The lowest BCUT2D eigenvalue weighted by Gasteiger charge is -2.11. The van der Waals surface area contributed by atoms with Crippen molar-refractivity contribution in [3.05, 3.63) is 118 Å². The molecule has 0 saturated carbocycles. The highest BCUT2D eigenvalue weighted by atomic mass is 79.9. The van der Waals surface area contributed by atoms with Gasteiger partial charge in [0.1, 0.15) is 5.70 Å². The molecule has 2 N–H and O–H groups in total. The Hall–Kier alpha value is -3.97. The lowest BCUT2D eigenvalue weighted by molar-refractivity contribution is -0.255. The fourth-order valence-electron chi connectivity index (χ4n) is 2.68. The summed E-state index contributed by atoms with van der Waals surface area (Å²) in [4.78, 5) is 36.4. The second-order valence-corrected chi connectivity index (χ2v) is 7.55. The maximum Gasteiger partial charge on any atom is 0.272 e. The molecule has 0 radical (unpaired) electrons. The van der Waals surface area contributed by atoms with Gasteiger partial charge in [-0.25, -0.2) is 0 Å². The van der Waals surface area contributed by atoms with Crippen molar-refractivity contribution in [3.63, 3.8) is 0 Å². The van der Waals surface area contributed by atoms with Crippen LogP contribution in [0.25, 0.3) is 6.08 Å². The highest BCUT2D eigenvalue weighted by Crippen LogP contribution is 2.13. The molecule has 0 aromatic heterocycles. The second-order valence-electron chi connectivity index (χ2n) is 6.63. The lowest BCUT2D eigenvalue weighted by atomic mass is 10.2. The molecule has 0 heterocycles. The van der Waals surface area contributed by atoms with E-state index >= 15 is 0 Å². The SMILES string of the molecule is O=C(Nc1ccc(C(=O)[O-])cc1)/C(=C/C=C/c1ccccc1)NC(=O)c1ccc(Br)cc1. The van der Waals surface area contributed by atoms with Crippen LogP contribution in [-0.4, -0.2) is 17.8 Å². The van der Waals surface area contributed by atoms with Crippen molar-refractivity contribution in [1.82, 2.24) is 5.32 Å². The molecule has 0 spiro atoms. The molecule has 2 amide bonds. The molecular formula is C25H18BrN2O4-. The minimum absolute atomic E-state index is 0.00639. The predicted octanol–water partition coefficient (Wildman–Crippen LogP) is 3.78. The first-order chi connectivity index (χ1) is 15.4. The van der Waals surface area contributed by atoms with Crippen LogP contribution in [0.3, 0.4) is 0 Å². The first kappa shape index (κ1) is 22.7. The number of hydrogen-bond acceptors (Lipinski definition) is 4. The number of allylic oxidation sites excluding steroid dienone is 2. The molecule has 0 aliphatic heterocycles. The third kappa shape index (κ3) is 6.52. The van der Waals surface area contributed by atoms with Crippen molar-refractivity contribution in [2.45, 2.75) is 0 Å². The Kier molecular flexibility index (Phi) is 7.72. The van der Waals surface area contributed by atoms with Gasteiger partial charge in [-0.2, -0.15) is 0 Å². The zero-order valence-electron chi connectivity index (χ0n) is 16.7. The van der Waals surface area contributed by atoms with Gasteiger partial charge in [0, 0.05) is 15.7 Å². The molecule has 0 fully saturated rings. The normalized spacial score (nSPS) is 11.2. The van der Waals surface area contributed by atoms with E-state index in [4.69, 9.17) is 0 Å². The smallest absolute Gasteiger partial charge is 0.272 e. The molecule has 3 aromatic rings. The topological polar surface area (TPSA) is 98.3 Å². The predicted molar refractivity (Wildman–Crippen MR) is 125 cm³/mol. The third-order valence-corrected chi connectivity index (χ3v) is 4.86. The van der Waals surface area contributed by atoms with E-state index in [1.54, 1.807) is 36.4 Å². The fourth-order valence-corrected chi connectivity index (χ4v) is 2.94. The van der Waals surface area contributed by atoms with E-state index in [2.05, 4.69) is 26.6 Å². The highest BCUT2D eigenvalue weighted by Gasteiger charge is 2.14. The summed E-state index contributed by atoms with van der Waals surface area (Å²) in [5.41, 5.74) is 1.70. The third-order valence-electron chi connectivity index (χ3n) is 4.33. The number of aromatic carboxylic acids is 1. The Morgan fingerprint density at radius 2 is 1.44 bits per heavy atom. The molecule has 0 aliphatic rings. The van der Waals surface area contributed by atoms with Crippen LogP contribution in [0.1, 0.15) is 26.3 Å². The fraction of sp³-hybridized carbons (Fsp3) is 0. The van der Waals surface area contributed by atoms with Gasteiger partial charge in [0.25, 0.3) is 11.8 Å². The Labute approximate surface area is 193 Å². The van der Waals surface area contributed by atoms with Crippen LogP contribution in [0, 0.1) is 0 Å². The number of halogens is 1. The van der Waals surface area contributed by atoms with Gasteiger partial charge in [-0.3, -0.25) is 9.59 Å². The standard InChI is InChI=1S/C25H19BrN2O4/c26-20-13-9-18(10-14-20)23(29)28-22(8-4-7-17-5-2-1-3-6-17)24(30)27-21-15-11-19(12-16-21)25(31)32/h1-16H,(H,27,30)(H,28,29)(H,31,32)/p-1/b7-4+,22-8-. The molecular weight excluding hydrogens is 472 g/mol. The van der Waals surface area contributed by atoms with Crippen molar-refractivity contribution >= 4 is 45.5 Å². The summed E-state index contributed by atoms with van der Waals surface area (Å²) in [6.45, 7) is 0. The Morgan fingerprint density at radius 1 is 0.812 bits per heavy atom. The van der Waals surface area contributed by atoms with Crippen LogP contribution in [0.15, 0.2) is 101 Å². The summed E-state index contributed by atoms with van der Waals surface area (Å²) in [5.74, 6) is -2.31. The number of nitrogens with one attached hydrogen (secondary N) is 2. The van der Waals surface area contributed by atoms with Crippen molar-refractivity contribution in [3.8, 4) is 0 Å². The number of carboxylic acid groups (broad SMARTS) is 1. The van der Waals surface area contributed by atoms with E-state index in [0.717, 1.165) is 10.0 Å². The van der Waals surface area contributed by atoms with E-state index in [1.165, 1.54) is 30.3 Å².